The van der Waals surface area contributed by atoms with E-state index < -0.39 is 0 Å². The van der Waals surface area contributed by atoms with Gasteiger partial charge in [0.2, 0.25) is 5.91 Å². The smallest absolute Gasteiger partial charge is 0.236 e. The zero-order valence-corrected chi connectivity index (χ0v) is 13.7. The minimum atomic E-state index is 0.107. The molecule has 2 atom stereocenters. The minimum absolute atomic E-state index is 0.107. The summed E-state index contributed by atoms with van der Waals surface area (Å²) in [5.74, 6) is 0.227. The van der Waals surface area contributed by atoms with Crippen molar-refractivity contribution in [1.29, 1.82) is 0 Å². The molecule has 0 radical (unpaired) electrons. The summed E-state index contributed by atoms with van der Waals surface area (Å²) in [5, 5.41) is 8.18. The van der Waals surface area contributed by atoms with Crippen LogP contribution in [0.2, 0.25) is 0 Å². The summed E-state index contributed by atoms with van der Waals surface area (Å²) in [6, 6.07) is 0.687. The van der Waals surface area contributed by atoms with Gasteiger partial charge < -0.3 is 9.64 Å². The van der Waals surface area contributed by atoms with Gasteiger partial charge in [-0.2, -0.15) is 0 Å². The van der Waals surface area contributed by atoms with Crippen molar-refractivity contribution in [3.8, 4) is 0 Å². The lowest BCUT2D eigenvalue weighted by Crippen LogP contribution is -2.52. The van der Waals surface area contributed by atoms with E-state index in [1.54, 1.807) is 6.20 Å². The molecule has 0 aromatic carbocycles. The summed E-state index contributed by atoms with van der Waals surface area (Å²) >= 11 is 0. The van der Waals surface area contributed by atoms with Crippen LogP contribution in [0.4, 0.5) is 0 Å². The molecule has 0 bridgehead atoms. The molecule has 1 aliphatic carbocycles. The SMILES string of the molecule is CN(CC(=O)N1CC[C@@H]2OCc3cnnn3[C@@H]2C1)C1CCCC1. The number of aromatic nitrogens is 3. The zero-order valence-electron chi connectivity index (χ0n) is 13.7. The Labute approximate surface area is 136 Å². The highest BCUT2D eigenvalue weighted by Crippen LogP contribution is 2.30. The van der Waals surface area contributed by atoms with Crippen molar-refractivity contribution < 1.29 is 9.53 Å². The van der Waals surface area contributed by atoms with Gasteiger partial charge in [0.05, 0.1) is 37.2 Å². The van der Waals surface area contributed by atoms with Crippen molar-refractivity contribution >= 4 is 5.91 Å². The van der Waals surface area contributed by atoms with Gasteiger partial charge in [-0.05, 0) is 26.3 Å². The second kappa shape index (κ2) is 6.20. The van der Waals surface area contributed by atoms with E-state index in [9.17, 15) is 4.79 Å². The maximum absolute atomic E-state index is 12.7. The number of carbonyl (C=O) groups excluding carboxylic acids is 1. The fourth-order valence-electron chi connectivity index (χ4n) is 4.19. The Balaban J connectivity index is 1.40. The van der Waals surface area contributed by atoms with Crippen LogP contribution < -0.4 is 0 Å². The van der Waals surface area contributed by atoms with Gasteiger partial charge in [-0.25, -0.2) is 4.68 Å². The first-order valence-electron chi connectivity index (χ1n) is 8.71. The maximum atomic E-state index is 12.7. The van der Waals surface area contributed by atoms with Crippen LogP contribution in [0.15, 0.2) is 6.20 Å². The molecular weight excluding hydrogens is 294 g/mol. The Hall–Kier alpha value is -1.47. The summed E-state index contributed by atoms with van der Waals surface area (Å²) in [7, 11) is 2.08. The average Bonchev–Trinajstić information content (AvgIpc) is 3.25. The van der Waals surface area contributed by atoms with Crippen LogP contribution in [0.25, 0.3) is 0 Å². The van der Waals surface area contributed by atoms with Crippen LogP contribution in [-0.4, -0.2) is 69.5 Å². The quantitative estimate of drug-likeness (QED) is 0.825. The molecule has 23 heavy (non-hydrogen) atoms. The van der Waals surface area contributed by atoms with Crippen LogP contribution in [0.3, 0.4) is 0 Å². The van der Waals surface area contributed by atoms with E-state index >= 15 is 0 Å². The Morgan fingerprint density at radius 1 is 1.39 bits per heavy atom. The van der Waals surface area contributed by atoms with E-state index in [1.165, 1.54) is 25.7 Å². The van der Waals surface area contributed by atoms with Crippen LogP contribution in [0.5, 0.6) is 0 Å². The molecule has 7 nitrogen and oxygen atoms in total. The molecule has 2 aliphatic heterocycles. The van der Waals surface area contributed by atoms with E-state index in [-0.39, 0.29) is 18.1 Å². The number of ether oxygens (including phenoxy) is 1. The summed E-state index contributed by atoms with van der Waals surface area (Å²) < 4.78 is 7.86. The largest absolute Gasteiger partial charge is 0.370 e. The minimum Gasteiger partial charge on any atom is -0.370 e. The van der Waals surface area contributed by atoms with Gasteiger partial charge in [0.1, 0.15) is 0 Å². The Kier molecular flexibility index (Phi) is 4.07. The van der Waals surface area contributed by atoms with E-state index in [4.69, 9.17) is 4.74 Å². The fourth-order valence-corrected chi connectivity index (χ4v) is 4.19. The number of rotatable bonds is 3. The van der Waals surface area contributed by atoms with Gasteiger partial charge in [-0.3, -0.25) is 9.69 Å². The van der Waals surface area contributed by atoms with Gasteiger partial charge in [-0.15, -0.1) is 5.10 Å². The van der Waals surface area contributed by atoms with Crippen LogP contribution in [-0.2, 0) is 16.1 Å². The predicted molar refractivity (Wildman–Crippen MR) is 83.7 cm³/mol. The molecule has 1 aromatic rings. The van der Waals surface area contributed by atoms with Crippen molar-refractivity contribution in [2.75, 3.05) is 26.7 Å². The molecule has 3 aliphatic rings. The van der Waals surface area contributed by atoms with Gasteiger partial charge in [0, 0.05) is 19.1 Å². The topological polar surface area (TPSA) is 63.5 Å². The Morgan fingerprint density at radius 2 is 2.22 bits per heavy atom. The number of likely N-dealkylation sites (N-methyl/N-ethyl adjacent to an activating group) is 1. The lowest BCUT2D eigenvalue weighted by molar-refractivity contribution is -0.139. The second-order valence-corrected chi connectivity index (χ2v) is 7.07. The van der Waals surface area contributed by atoms with Crippen LogP contribution in [0, 0.1) is 0 Å². The second-order valence-electron chi connectivity index (χ2n) is 7.07. The standard InChI is InChI=1S/C16H25N5O2/c1-19(12-4-2-3-5-12)10-16(22)20-7-6-15-14(9-20)21-13(11-23-15)8-17-18-21/h8,12,14-15H,2-7,9-11H2,1H3/t14-,15+/m1/s1. The van der Waals surface area contributed by atoms with E-state index in [1.807, 2.05) is 9.58 Å². The molecule has 0 N–H and O–H groups in total. The lowest BCUT2D eigenvalue weighted by Gasteiger charge is -2.41. The summed E-state index contributed by atoms with van der Waals surface area (Å²) in [6.07, 6.45) is 7.83. The van der Waals surface area contributed by atoms with Gasteiger partial charge >= 0.3 is 0 Å². The van der Waals surface area contributed by atoms with Crippen molar-refractivity contribution in [2.24, 2.45) is 0 Å². The molecule has 126 valence electrons. The molecule has 1 saturated carbocycles. The maximum Gasteiger partial charge on any atom is 0.236 e. The number of carbonyl (C=O) groups is 1. The first kappa shape index (κ1) is 15.1. The van der Waals surface area contributed by atoms with Crippen molar-refractivity contribution in [1.82, 2.24) is 24.8 Å². The molecule has 1 amide bonds. The summed E-state index contributed by atoms with van der Waals surface area (Å²) in [6.45, 7) is 2.56. The highest BCUT2D eigenvalue weighted by molar-refractivity contribution is 5.78. The van der Waals surface area contributed by atoms with Crippen LogP contribution >= 0.6 is 0 Å². The normalized spacial score (nSPS) is 28.0. The highest BCUT2D eigenvalue weighted by atomic mass is 16.5. The number of fused-ring (bicyclic) bond motifs is 3. The summed E-state index contributed by atoms with van der Waals surface area (Å²) in [5.41, 5.74) is 1.00. The van der Waals surface area contributed by atoms with Gasteiger partial charge in [0.15, 0.2) is 0 Å². The highest BCUT2D eigenvalue weighted by Gasteiger charge is 2.38. The van der Waals surface area contributed by atoms with Crippen molar-refractivity contribution in [3.05, 3.63) is 11.9 Å². The van der Waals surface area contributed by atoms with E-state index in [2.05, 4.69) is 22.3 Å². The van der Waals surface area contributed by atoms with Gasteiger partial charge in [0.25, 0.3) is 0 Å². The molecule has 3 heterocycles. The molecule has 0 spiro atoms. The molecule has 4 rings (SSSR count). The molecule has 1 aromatic heterocycles. The number of piperidine rings is 1. The molecule has 7 heteroatoms. The molecule has 2 fully saturated rings. The molecular formula is C16H25N5O2. The number of hydrogen-bond donors (Lipinski definition) is 0. The van der Waals surface area contributed by atoms with E-state index in [0.717, 1.165) is 18.7 Å². The first-order valence-corrected chi connectivity index (χ1v) is 8.71. The molecule has 0 unspecified atom stereocenters. The number of amides is 1. The third kappa shape index (κ3) is 2.87. The Bertz CT molecular complexity index is 569. The van der Waals surface area contributed by atoms with Crippen molar-refractivity contribution in [2.45, 2.75) is 56.9 Å². The fraction of sp³-hybridized carbons (Fsp3) is 0.812. The number of hydrogen-bond acceptors (Lipinski definition) is 5. The average molecular weight is 319 g/mol. The monoisotopic (exact) mass is 319 g/mol. The van der Waals surface area contributed by atoms with E-state index in [0.29, 0.717) is 25.7 Å². The van der Waals surface area contributed by atoms with Crippen LogP contribution in [0.1, 0.15) is 43.8 Å². The van der Waals surface area contributed by atoms with Crippen molar-refractivity contribution in [3.63, 3.8) is 0 Å². The number of nitrogens with zero attached hydrogens (tertiary/aromatic N) is 5. The Morgan fingerprint density at radius 3 is 3.04 bits per heavy atom. The third-order valence-corrected chi connectivity index (χ3v) is 5.61. The van der Waals surface area contributed by atoms with Gasteiger partial charge in [-0.1, -0.05) is 18.1 Å². The third-order valence-electron chi connectivity index (χ3n) is 5.61. The summed E-state index contributed by atoms with van der Waals surface area (Å²) in [4.78, 5) is 16.9. The number of likely N-dealkylation sites (tertiary alicyclic amines) is 1. The lowest BCUT2D eigenvalue weighted by atomic mass is 10.0. The first-order chi connectivity index (χ1) is 11.2. The zero-order chi connectivity index (χ0) is 15.8. The predicted octanol–water partition coefficient (Wildman–Crippen LogP) is 0.825. The molecule has 1 saturated heterocycles.